The van der Waals surface area contributed by atoms with Gasteiger partial charge in [0.2, 0.25) is 8.32 Å². The van der Waals surface area contributed by atoms with Gasteiger partial charge in [0.25, 0.3) is 0 Å². The zero-order valence-corrected chi connectivity index (χ0v) is 15.7. The highest BCUT2D eigenvalue weighted by Crippen LogP contribution is 2.45. The summed E-state index contributed by atoms with van der Waals surface area (Å²) in [6, 6.07) is 1.88. The van der Waals surface area contributed by atoms with E-state index in [1.165, 1.54) is 0 Å². The fourth-order valence-electron chi connectivity index (χ4n) is 3.69. The molecular formula is C17H32O4Si. The Kier molecular flexibility index (Phi) is 7.32. The minimum atomic E-state index is -2.06. The molecule has 1 rings (SSSR count). The van der Waals surface area contributed by atoms with Crippen molar-refractivity contribution in [2.75, 3.05) is 6.61 Å². The summed E-state index contributed by atoms with van der Waals surface area (Å²) < 4.78 is 11.9. The third kappa shape index (κ3) is 4.22. The molecule has 1 aromatic rings. The summed E-state index contributed by atoms with van der Waals surface area (Å²) in [5.74, 6) is 0. The maximum Gasteiger partial charge on any atom is 0.201 e. The number of hydrogen-bond donors (Lipinski definition) is 2. The van der Waals surface area contributed by atoms with E-state index in [1.807, 2.05) is 6.07 Å². The van der Waals surface area contributed by atoms with Crippen LogP contribution in [0.4, 0.5) is 0 Å². The van der Waals surface area contributed by atoms with Crippen LogP contribution in [0.15, 0.2) is 23.0 Å². The van der Waals surface area contributed by atoms with E-state index in [0.717, 1.165) is 5.56 Å². The molecule has 0 bridgehead atoms. The Hall–Kier alpha value is -0.623. The molecule has 128 valence electrons. The monoisotopic (exact) mass is 328 g/mol. The third-order valence-electron chi connectivity index (χ3n) is 4.67. The summed E-state index contributed by atoms with van der Waals surface area (Å²) in [5.41, 5.74) is 2.33. The molecule has 4 nitrogen and oxygen atoms in total. The fraction of sp³-hybridized carbons (Fsp3) is 0.765. The first kappa shape index (κ1) is 19.4. The van der Waals surface area contributed by atoms with Gasteiger partial charge in [0.1, 0.15) is 0 Å². The van der Waals surface area contributed by atoms with Crippen molar-refractivity contribution in [2.24, 2.45) is 0 Å². The lowest BCUT2D eigenvalue weighted by Gasteiger charge is -2.44. The van der Waals surface area contributed by atoms with Crippen LogP contribution in [0.3, 0.4) is 0 Å². The molecule has 5 heteroatoms. The van der Waals surface area contributed by atoms with Crippen LogP contribution in [0, 0.1) is 0 Å². The second-order valence-corrected chi connectivity index (χ2v) is 12.5. The van der Waals surface area contributed by atoms with E-state index in [4.69, 9.17) is 8.84 Å². The second-order valence-electron chi connectivity index (χ2n) is 7.05. The molecule has 22 heavy (non-hydrogen) atoms. The van der Waals surface area contributed by atoms with Gasteiger partial charge in [0, 0.05) is 12.0 Å². The van der Waals surface area contributed by atoms with Crippen LogP contribution < -0.4 is 0 Å². The third-order valence-corrected chi connectivity index (χ3v) is 10.8. The van der Waals surface area contributed by atoms with Gasteiger partial charge in [-0.15, -0.1) is 0 Å². The van der Waals surface area contributed by atoms with Crippen molar-refractivity contribution in [3.8, 4) is 0 Å². The summed E-state index contributed by atoms with van der Waals surface area (Å²) in [5, 5.41) is 19.1. The lowest BCUT2D eigenvalue weighted by Crippen LogP contribution is -2.48. The Balaban J connectivity index is 3.13. The van der Waals surface area contributed by atoms with Gasteiger partial charge in [0.15, 0.2) is 0 Å². The van der Waals surface area contributed by atoms with E-state index in [2.05, 4.69) is 41.5 Å². The standard InChI is InChI=1S/C17H32O4Si/c1-12(2)22(13(3)4,14(5)6)21-17(9-16(19)10-18)15-7-8-20-11-15/h7-8,11-14,16-19H,9-10H2,1-6H3. The minimum absolute atomic E-state index is 0.236. The summed E-state index contributed by atoms with van der Waals surface area (Å²) in [6.45, 7) is 13.2. The van der Waals surface area contributed by atoms with Crippen LogP contribution in [0.2, 0.25) is 16.6 Å². The normalized spacial score (nSPS) is 15.8. The van der Waals surface area contributed by atoms with Crippen molar-refractivity contribution in [3.63, 3.8) is 0 Å². The highest BCUT2D eigenvalue weighted by Gasteiger charge is 2.47. The lowest BCUT2D eigenvalue weighted by atomic mass is 10.1. The van der Waals surface area contributed by atoms with Crippen molar-refractivity contribution in [2.45, 2.75) is 76.8 Å². The molecule has 1 aromatic heterocycles. The van der Waals surface area contributed by atoms with Gasteiger partial charge in [-0.05, 0) is 22.7 Å². The summed E-state index contributed by atoms with van der Waals surface area (Å²) in [4.78, 5) is 0. The van der Waals surface area contributed by atoms with E-state index < -0.39 is 14.4 Å². The van der Waals surface area contributed by atoms with Crippen molar-refractivity contribution in [3.05, 3.63) is 24.2 Å². The number of furan rings is 1. The zero-order chi connectivity index (χ0) is 16.9. The topological polar surface area (TPSA) is 62.8 Å². The van der Waals surface area contributed by atoms with Crippen molar-refractivity contribution < 1.29 is 19.1 Å². The molecule has 0 fully saturated rings. The summed E-state index contributed by atoms with van der Waals surface area (Å²) in [7, 11) is -2.06. The van der Waals surface area contributed by atoms with Gasteiger partial charge in [-0.1, -0.05) is 41.5 Å². The highest BCUT2D eigenvalue weighted by molar-refractivity contribution is 6.77. The molecule has 0 aliphatic carbocycles. The van der Waals surface area contributed by atoms with Crippen molar-refractivity contribution >= 4 is 8.32 Å². The Morgan fingerprint density at radius 1 is 1.09 bits per heavy atom. The molecule has 2 unspecified atom stereocenters. The molecule has 0 saturated heterocycles. The van der Waals surface area contributed by atoms with Gasteiger partial charge in [-0.3, -0.25) is 0 Å². The van der Waals surface area contributed by atoms with Gasteiger partial charge in [0.05, 0.1) is 31.3 Å². The smallest absolute Gasteiger partial charge is 0.201 e. The molecule has 2 N–H and O–H groups in total. The number of hydrogen-bond acceptors (Lipinski definition) is 4. The molecule has 0 saturated carbocycles. The minimum Gasteiger partial charge on any atom is -0.472 e. The molecule has 0 spiro atoms. The van der Waals surface area contributed by atoms with Gasteiger partial charge in [-0.2, -0.15) is 0 Å². The Labute approximate surface area is 135 Å². The molecule has 0 aliphatic heterocycles. The first-order valence-corrected chi connectivity index (χ1v) is 10.4. The van der Waals surface area contributed by atoms with Gasteiger partial charge >= 0.3 is 0 Å². The van der Waals surface area contributed by atoms with Crippen LogP contribution in [0.25, 0.3) is 0 Å². The van der Waals surface area contributed by atoms with E-state index in [-0.39, 0.29) is 12.7 Å². The van der Waals surface area contributed by atoms with Crippen LogP contribution in [-0.4, -0.2) is 31.2 Å². The van der Waals surface area contributed by atoms with Crippen LogP contribution in [-0.2, 0) is 4.43 Å². The van der Waals surface area contributed by atoms with E-state index in [9.17, 15) is 10.2 Å². The van der Waals surface area contributed by atoms with Crippen LogP contribution in [0.5, 0.6) is 0 Å². The molecule has 0 amide bonds. The molecule has 0 radical (unpaired) electrons. The predicted molar refractivity (Wildman–Crippen MR) is 91.3 cm³/mol. The largest absolute Gasteiger partial charge is 0.472 e. The van der Waals surface area contributed by atoms with E-state index in [0.29, 0.717) is 23.0 Å². The fourth-order valence-corrected chi connectivity index (χ4v) is 9.23. The summed E-state index contributed by atoms with van der Waals surface area (Å²) >= 11 is 0. The number of aliphatic hydroxyl groups is 2. The number of rotatable bonds is 9. The van der Waals surface area contributed by atoms with Crippen LogP contribution in [0.1, 0.15) is 59.6 Å². The lowest BCUT2D eigenvalue weighted by molar-refractivity contribution is 0.0436. The SMILES string of the molecule is CC(C)[Si](OC(CC(O)CO)c1ccoc1)(C(C)C)C(C)C. The maximum absolute atomic E-state index is 9.89. The predicted octanol–water partition coefficient (Wildman–Crippen LogP) is 4.26. The van der Waals surface area contributed by atoms with Crippen molar-refractivity contribution in [1.29, 1.82) is 0 Å². The first-order chi connectivity index (χ1) is 10.3. The average Bonchev–Trinajstić information content (AvgIpc) is 2.95. The molecule has 2 atom stereocenters. The van der Waals surface area contributed by atoms with Gasteiger partial charge < -0.3 is 19.1 Å². The number of aliphatic hydroxyl groups excluding tert-OH is 2. The summed E-state index contributed by atoms with van der Waals surface area (Å²) in [6.07, 6.45) is 2.67. The van der Waals surface area contributed by atoms with E-state index >= 15 is 0 Å². The maximum atomic E-state index is 9.89. The zero-order valence-electron chi connectivity index (χ0n) is 14.7. The van der Waals surface area contributed by atoms with Crippen LogP contribution >= 0.6 is 0 Å². The molecular weight excluding hydrogens is 296 g/mol. The second kappa shape index (κ2) is 8.29. The Morgan fingerprint density at radius 3 is 2.00 bits per heavy atom. The highest BCUT2D eigenvalue weighted by atomic mass is 28.4. The Bertz CT molecular complexity index is 393. The Morgan fingerprint density at radius 2 is 1.64 bits per heavy atom. The molecule has 1 heterocycles. The molecule has 0 aromatic carbocycles. The van der Waals surface area contributed by atoms with Gasteiger partial charge in [-0.25, -0.2) is 0 Å². The van der Waals surface area contributed by atoms with Crippen molar-refractivity contribution in [1.82, 2.24) is 0 Å². The molecule has 0 aliphatic rings. The average molecular weight is 329 g/mol. The van der Waals surface area contributed by atoms with E-state index in [1.54, 1.807) is 12.5 Å². The first-order valence-electron chi connectivity index (χ1n) is 8.24. The quantitative estimate of drug-likeness (QED) is 0.665.